The topological polar surface area (TPSA) is 51.0 Å². The highest BCUT2D eigenvalue weighted by atomic mass is 35.5. The van der Waals surface area contributed by atoms with Crippen molar-refractivity contribution in [2.45, 2.75) is 26.2 Å². The quantitative estimate of drug-likeness (QED) is 0.795. The molecule has 4 nitrogen and oxygen atoms in total. The molecule has 0 aliphatic carbocycles. The Morgan fingerprint density at radius 3 is 2.95 bits per heavy atom. The van der Waals surface area contributed by atoms with E-state index in [1.165, 1.54) is 6.07 Å². The van der Waals surface area contributed by atoms with Gasteiger partial charge in [-0.1, -0.05) is 24.6 Å². The second-order valence-electron chi connectivity index (χ2n) is 4.46. The van der Waals surface area contributed by atoms with Crippen molar-refractivity contribution in [2.24, 2.45) is 0 Å². The van der Waals surface area contributed by atoms with E-state index in [-0.39, 0.29) is 16.5 Å². The van der Waals surface area contributed by atoms with Gasteiger partial charge in [0.05, 0.1) is 10.6 Å². The Kier molecular flexibility index (Phi) is 5.49. The number of aryl methyl sites for hydroxylation is 1. The second-order valence-corrected chi connectivity index (χ2v) is 4.86. The van der Waals surface area contributed by atoms with E-state index in [1.807, 2.05) is 0 Å². The Hall–Kier alpha value is -1.46. The van der Waals surface area contributed by atoms with Gasteiger partial charge in [0.25, 0.3) is 5.89 Å². The lowest BCUT2D eigenvalue weighted by molar-refractivity contribution is 0.488. The highest BCUT2D eigenvalue weighted by Gasteiger charge is 2.14. The van der Waals surface area contributed by atoms with E-state index in [0.717, 1.165) is 25.9 Å². The molecule has 2 aromatic rings. The molecule has 0 spiro atoms. The highest BCUT2D eigenvalue weighted by Crippen LogP contribution is 2.26. The Labute approximate surface area is 122 Å². The number of benzene rings is 1. The minimum atomic E-state index is -0.533. The fourth-order valence-corrected chi connectivity index (χ4v) is 1.97. The lowest BCUT2D eigenvalue weighted by atomic mass is 10.2. The first kappa shape index (κ1) is 14.9. The van der Waals surface area contributed by atoms with E-state index in [9.17, 15) is 4.39 Å². The second kappa shape index (κ2) is 7.36. The summed E-state index contributed by atoms with van der Waals surface area (Å²) in [6, 6.07) is 4.71. The van der Waals surface area contributed by atoms with Gasteiger partial charge in [-0.05, 0) is 38.1 Å². The normalized spacial score (nSPS) is 10.9. The summed E-state index contributed by atoms with van der Waals surface area (Å²) in [4.78, 5) is 0. The molecule has 108 valence electrons. The van der Waals surface area contributed by atoms with Crippen molar-refractivity contribution in [1.82, 2.24) is 15.5 Å². The molecule has 0 amide bonds. The Morgan fingerprint density at radius 1 is 1.30 bits per heavy atom. The molecule has 1 N–H and O–H groups in total. The third kappa shape index (κ3) is 3.77. The Morgan fingerprint density at radius 2 is 2.15 bits per heavy atom. The maximum absolute atomic E-state index is 13.8. The van der Waals surface area contributed by atoms with Gasteiger partial charge in [0, 0.05) is 6.42 Å². The Balaban J connectivity index is 1.97. The fraction of sp³-hybridized carbons (Fsp3) is 0.429. The summed E-state index contributed by atoms with van der Waals surface area (Å²) >= 11 is 5.73. The third-order valence-corrected chi connectivity index (χ3v) is 3.11. The first-order valence-electron chi connectivity index (χ1n) is 6.70. The number of nitrogens with zero attached hydrogens (tertiary/aromatic N) is 2. The molecule has 1 aromatic carbocycles. The smallest absolute Gasteiger partial charge is 0.250 e. The van der Waals surface area contributed by atoms with Crippen molar-refractivity contribution >= 4 is 11.6 Å². The molecule has 1 aromatic heterocycles. The molecule has 1 heterocycles. The van der Waals surface area contributed by atoms with Crippen LogP contribution in [0, 0.1) is 5.82 Å². The molecule has 0 radical (unpaired) electrons. The van der Waals surface area contributed by atoms with E-state index in [1.54, 1.807) is 12.1 Å². The maximum Gasteiger partial charge on any atom is 0.250 e. The fourth-order valence-electron chi connectivity index (χ4n) is 1.80. The van der Waals surface area contributed by atoms with E-state index >= 15 is 0 Å². The number of halogens is 2. The van der Waals surface area contributed by atoms with E-state index < -0.39 is 5.82 Å². The van der Waals surface area contributed by atoms with Gasteiger partial charge in [0.2, 0.25) is 5.89 Å². The van der Waals surface area contributed by atoms with Gasteiger partial charge >= 0.3 is 0 Å². The molecule has 0 unspecified atom stereocenters. The summed E-state index contributed by atoms with van der Waals surface area (Å²) < 4.78 is 19.3. The molecule has 20 heavy (non-hydrogen) atoms. The summed E-state index contributed by atoms with van der Waals surface area (Å²) in [6.45, 7) is 4.02. The van der Waals surface area contributed by atoms with Crippen LogP contribution in [-0.2, 0) is 6.42 Å². The SMILES string of the molecule is CCCNCCCc1nnc(-c2cccc(Cl)c2F)o1. The molecule has 0 aliphatic rings. The van der Waals surface area contributed by atoms with Crippen LogP contribution in [0.1, 0.15) is 25.7 Å². The molecule has 0 atom stereocenters. The lowest BCUT2D eigenvalue weighted by Gasteiger charge is -2.00. The number of hydrogen-bond donors (Lipinski definition) is 1. The van der Waals surface area contributed by atoms with Crippen molar-refractivity contribution in [3.63, 3.8) is 0 Å². The van der Waals surface area contributed by atoms with Crippen LogP contribution >= 0.6 is 11.6 Å². The number of nitrogens with one attached hydrogen (secondary N) is 1. The number of hydrogen-bond acceptors (Lipinski definition) is 4. The van der Waals surface area contributed by atoms with E-state index in [0.29, 0.717) is 12.3 Å². The first-order valence-corrected chi connectivity index (χ1v) is 7.07. The van der Waals surface area contributed by atoms with Crippen LogP contribution in [0.5, 0.6) is 0 Å². The van der Waals surface area contributed by atoms with Crippen LogP contribution in [0.15, 0.2) is 22.6 Å². The molecule has 0 saturated carbocycles. The van der Waals surface area contributed by atoms with Gasteiger partial charge in [0.15, 0.2) is 5.82 Å². The van der Waals surface area contributed by atoms with Gasteiger partial charge in [-0.25, -0.2) is 4.39 Å². The van der Waals surface area contributed by atoms with Crippen LogP contribution in [0.25, 0.3) is 11.5 Å². The molecule has 0 saturated heterocycles. The van der Waals surface area contributed by atoms with Crippen molar-refractivity contribution in [3.05, 3.63) is 34.9 Å². The summed E-state index contributed by atoms with van der Waals surface area (Å²) in [6.07, 6.45) is 2.68. The summed E-state index contributed by atoms with van der Waals surface area (Å²) in [7, 11) is 0. The maximum atomic E-state index is 13.8. The van der Waals surface area contributed by atoms with Crippen molar-refractivity contribution in [2.75, 3.05) is 13.1 Å². The predicted octanol–water partition coefficient (Wildman–Crippen LogP) is 3.46. The summed E-state index contributed by atoms with van der Waals surface area (Å²) in [5, 5.41) is 11.1. The minimum Gasteiger partial charge on any atom is -0.421 e. The van der Waals surface area contributed by atoms with Crippen LogP contribution in [0.4, 0.5) is 4.39 Å². The highest BCUT2D eigenvalue weighted by molar-refractivity contribution is 6.31. The van der Waals surface area contributed by atoms with Crippen LogP contribution in [0.3, 0.4) is 0 Å². The largest absolute Gasteiger partial charge is 0.421 e. The van der Waals surface area contributed by atoms with Gasteiger partial charge in [-0.3, -0.25) is 0 Å². The number of rotatable bonds is 7. The van der Waals surface area contributed by atoms with E-state index in [4.69, 9.17) is 16.0 Å². The van der Waals surface area contributed by atoms with Gasteiger partial charge in [-0.2, -0.15) is 0 Å². The van der Waals surface area contributed by atoms with Crippen LogP contribution in [0.2, 0.25) is 5.02 Å². The van der Waals surface area contributed by atoms with Crippen LogP contribution < -0.4 is 5.32 Å². The zero-order valence-electron chi connectivity index (χ0n) is 11.3. The van der Waals surface area contributed by atoms with Gasteiger partial charge < -0.3 is 9.73 Å². The predicted molar refractivity (Wildman–Crippen MR) is 76.2 cm³/mol. The zero-order valence-corrected chi connectivity index (χ0v) is 12.1. The van der Waals surface area contributed by atoms with Crippen molar-refractivity contribution in [3.8, 4) is 11.5 Å². The van der Waals surface area contributed by atoms with Gasteiger partial charge in [0.1, 0.15) is 0 Å². The zero-order chi connectivity index (χ0) is 14.4. The average Bonchev–Trinajstić information content (AvgIpc) is 2.90. The number of aromatic nitrogens is 2. The van der Waals surface area contributed by atoms with Gasteiger partial charge in [-0.15, -0.1) is 10.2 Å². The monoisotopic (exact) mass is 297 g/mol. The molecule has 0 aliphatic heterocycles. The molecular weight excluding hydrogens is 281 g/mol. The average molecular weight is 298 g/mol. The van der Waals surface area contributed by atoms with Crippen molar-refractivity contribution in [1.29, 1.82) is 0 Å². The molecule has 0 fully saturated rings. The van der Waals surface area contributed by atoms with Crippen LogP contribution in [-0.4, -0.2) is 23.3 Å². The Bertz CT molecular complexity index is 559. The first-order chi connectivity index (χ1) is 9.72. The molecular formula is C14H17ClFN3O. The third-order valence-electron chi connectivity index (χ3n) is 2.82. The molecule has 2 rings (SSSR count). The standard InChI is InChI=1S/C14H17ClFN3O/c1-2-8-17-9-4-7-12-18-19-14(20-12)10-5-3-6-11(15)13(10)16/h3,5-6,17H,2,4,7-9H2,1H3. The summed E-state index contributed by atoms with van der Waals surface area (Å²) in [5.74, 6) is 0.146. The van der Waals surface area contributed by atoms with Crippen molar-refractivity contribution < 1.29 is 8.81 Å². The van der Waals surface area contributed by atoms with E-state index in [2.05, 4.69) is 22.4 Å². The minimum absolute atomic E-state index is 0.0472. The summed E-state index contributed by atoms with van der Waals surface area (Å²) in [5.41, 5.74) is 0.236. The molecule has 0 bridgehead atoms. The lowest BCUT2D eigenvalue weighted by Crippen LogP contribution is -2.16. The molecule has 6 heteroatoms.